The molecule has 1 aliphatic carbocycles. The van der Waals surface area contributed by atoms with Crippen molar-refractivity contribution in [2.24, 2.45) is 0 Å². The monoisotopic (exact) mass is 346 g/mol. The number of rotatable bonds is 4. The number of aryl methyl sites for hydroxylation is 2. The van der Waals surface area contributed by atoms with Gasteiger partial charge in [-0.05, 0) is 43.6 Å². The molecular formula is C18H22N2OS2. The number of carbonyl (C=O) groups excluding carboxylic acids is 1. The fraction of sp³-hybridized carbons (Fsp3) is 0.444. The van der Waals surface area contributed by atoms with E-state index in [4.69, 9.17) is 0 Å². The minimum absolute atomic E-state index is 0.186. The Hall–Kier alpha value is -1.33. The number of hydrogen-bond donors (Lipinski definition) is 0. The Morgan fingerprint density at radius 1 is 1.43 bits per heavy atom. The normalized spacial score (nSPS) is 16.9. The van der Waals surface area contributed by atoms with E-state index in [0.29, 0.717) is 6.42 Å². The van der Waals surface area contributed by atoms with Gasteiger partial charge in [-0.1, -0.05) is 36.0 Å². The van der Waals surface area contributed by atoms with E-state index in [1.165, 1.54) is 11.1 Å². The predicted molar refractivity (Wildman–Crippen MR) is 97.2 cm³/mol. The van der Waals surface area contributed by atoms with Crippen molar-refractivity contribution in [3.05, 3.63) is 46.0 Å². The summed E-state index contributed by atoms with van der Waals surface area (Å²) in [5.74, 6) is 0.186. The highest BCUT2D eigenvalue weighted by Gasteiger charge is 2.27. The van der Waals surface area contributed by atoms with Gasteiger partial charge in [0.2, 0.25) is 5.91 Å². The van der Waals surface area contributed by atoms with E-state index in [1.807, 2.05) is 25.1 Å². The molecule has 5 heteroatoms. The molecule has 122 valence electrons. The highest BCUT2D eigenvalue weighted by atomic mass is 32.2. The zero-order valence-corrected chi connectivity index (χ0v) is 15.5. The van der Waals surface area contributed by atoms with E-state index in [-0.39, 0.29) is 11.9 Å². The van der Waals surface area contributed by atoms with Gasteiger partial charge in [0.15, 0.2) is 0 Å². The maximum Gasteiger partial charge on any atom is 0.228 e. The number of thioether (sulfide) groups is 1. The minimum Gasteiger partial charge on any atom is -0.338 e. The highest BCUT2D eigenvalue weighted by molar-refractivity contribution is 8.00. The minimum atomic E-state index is 0.186. The molecule has 1 atom stereocenters. The third-order valence-electron chi connectivity index (χ3n) is 4.56. The molecule has 3 nitrogen and oxygen atoms in total. The predicted octanol–water partition coefficient (Wildman–Crippen LogP) is 4.25. The molecule has 0 unspecified atom stereocenters. The standard InChI is InChI=1S/C18H22N2OS2/c1-12-16(23-18(19-12)22-3)11-17(21)20(2)15-10-6-8-13-7-4-5-9-14(13)15/h4-5,7,9,15H,6,8,10-11H2,1-3H3/t15-/m1/s1. The Bertz CT molecular complexity index is 711. The van der Waals surface area contributed by atoms with Crippen LogP contribution in [0.5, 0.6) is 0 Å². The topological polar surface area (TPSA) is 33.2 Å². The van der Waals surface area contributed by atoms with Crippen molar-refractivity contribution in [1.29, 1.82) is 0 Å². The third-order valence-corrected chi connectivity index (χ3v) is 6.70. The van der Waals surface area contributed by atoms with Crippen LogP contribution < -0.4 is 0 Å². The number of benzene rings is 1. The van der Waals surface area contributed by atoms with Crippen LogP contribution >= 0.6 is 23.1 Å². The largest absolute Gasteiger partial charge is 0.338 e. The van der Waals surface area contributed by atoms with E-state index >= 15 is 0 Å². The molecule has 0 spiro atoms. The second-order valence-electron chi connectivity index (χ2n) is 5.98. The molecule has 0 saturated heterocycles. The van der Waals surface area contributed by atoms with Gasteiger partial charge in [0, 0.05) is 11.9 Å². The van der Waals surface area contributed by atoms with Crippen LogP contribution in [0.15, 0.2) is 28.6 Å². The van der Waals surface area contributed by atoms with Crippen molar-refractivity contribution in [3.8, 4) is 0 Å². The molecule has 3 rings (SSSR count). The number of likely N-dealkylation sites (N-methyl/N-ethyl adjacent to an activating group) is 1. The van der Waals surface area contributed by atoms with E-state index in [2.05, 4.69) is 29.2 Å². The fourth-order valence-electron chi connectivity index (χ4n) is 3.22. The average molecular weight is 347 g/mol. The molecule has 0 bridgehead atoms. The van der Waals surface area contributed by atoms with Crippen LogP contribution in [0.25, 0.3) is 0 Å². The smallest absolute Gasteiger partial charge is 0.228 e. The maximum absolute atomic E-state index is 12.8. The summed E-state index contributed by atoms with van der Waals surface area (Å²) in [7, 11) is 1.95. The van der Waals surface area contributed by atoms with E-state index in [9.17, 15) is 4.79 Å². The molecule has 1 heterocycles. The average Bonchev–Trinajstić information content (AvgIpc) is 2.93. The molecule has 1 aliphatic rings. The van der Waals surface area contributed by atoms with Crippen LogP contribution in [0.1, 0.15) is 40.6 Å². The second-order valence-corrected chi connectivity index (χ2v) is 8.12. The first-order valence-corrected chi connectivity index (χ1v) is 9.98. The van der Waals surface area contributed by atoms with Crippen LogP contribution in [0.4, 0.5) is 0 Å². The Morgan fingerprint density at radius 3 is 2.96 bits per heavy atom. The Balaban J connectivity index is 1.76. The third kappa shape index (κ3) is 3.45. The Morgan fingerprint density at radius 2 is 2.22 bits per heavy atom. The van der Waals surface area contributed by atoms with Crippen molar-refractivity contribution < 1.29 is 4.79 Å². The summed E-state index contributed by atoms with van der Waals surface area (Å²) in [5, 5.41) is 0. The van der Waals surface area contributed by atoms with Crippen LogP contribution in [-0.4, -0.2) is 29.1 Å². The lowest BCUT2D eigenvalue weighted by Gasteiger charge is -2.33. The van der Waals surface area contributed by atoms with Crippen LogP contribution in [0.3, 0.4) is 0 Å². The van der Waals surface area contributed by atoms with Gasteiger partial charge < -0.3 is 4.90 Å². The number of nitrogens with zero attached hydrogens (tertiary/aromatic N) is 2. The number of thiazole rings is 1. The molecule has 23 heavy (non-hydrogen) atoms. The summed E-state index contributed by atoms with van der Waals surface area (Å²) in [4.78, 5) is 20.3. The summed E-state index contributed by atoms with van der Waals surface area (Å²) >= 11 is 3.28. The second kappa shape index (κ2) is 7.05. The van der Waals surface area contributed by atoms with Gasteiger partial charge in [-0.15, -0.1) is 11.3 Å². The van der Waals surface area contributed by atoms with Gasteiger partial charge >= 0.3 is 0 Å². The van der Waals surface area contributed by atoms with Gasteiger partial charge in [-0.3, -0.25) is 4.79 Å². The van der Waals surface area contributed by atoms with Crippen LogP contribution in [-0.2, 0) is 17.6 Å². The zero-order valence-electron chi connectivity index (χ0n) is 13.8. The summed E-state index contributed by atoms with van der Waals surface area (Å²) in [5.41, 5.74) is 3.70. The first-order chi connectivity index (χ1) is 11.1. The number of carbonyl (C=O) groups is 1. The summed E-state index contributed by atoms with van der Waals surface area (Å²) < 4.78 is 1.04. The quantitative estimate of drug-likeness (QED) is 0.776. The lowest BCUT2D eigenvalue weighted by molar-refractivity contribution is -0.131. The number of aromatic nitrogens is 1. The number of hydrogen-bond acceptors (Lipinski definition) is 4. The molecule has 1 amide bonds. The Kier molecular flexibility index (Phi) is 5.07. The Labute approximate surface area is 146 Å². The number of amides is 1. The van der Waals surface area contributed by atoms with Crippen LogP contribution in [0.2, 0.25) is 0 Å². The summed E-state index contributed by atoms with van der Waals surface area (Å²) in [6, 6.07) is 8.74. The van der Waals surface area contributed by atoms with Crippen molar-refractivity contribution in [3.63, 3.8) is 0 Å². The lowest BCUT2D eigenvalue weighted by Crippen LogP contribution is -2.34. The molecule has 0 fully saturated rings. The first kappa shape index (κ1) is 16.5. The fourth-order valence-corrected chi connectivity index (χ4v) is 4.86. The van der Waals surface area contributed by atoms with Gasteiger partial charge in [0.1, 0.15) is 4.34 Å². The molecule has 2 aromatic rings. The zero-order chi connectivity index (χ0) is 16.4. The van der Waals surface area contributed by atoms with Gasteiger partial charge in [0.05, 0.1) is 18.2 Å². The molecular weight excluding hydrogens is 324 g/mol. The first-order valence-electron chi connectivity index (χ1n) is 7.94. The van der Waals surface area contributed by atoms with E-state index in [0.717, 1.165) is 34.2 Å². The summed E-state index contributed by atoms with van der Waals surface area (Å²) in [6.07, 6.45) is 5.81. The van der Waals surface area contributed by atoms with Crippen LogP contribution in [0, 0.1) is 6.92 Å². The van der Waals surface area contributed by atoms with Gasteiger partial charge in [0.25, 0.3) is 0 Å². The summed E-state index contributed by atoms with van der Waals surface area (Å²) in [6.45, 7) is 1.99. The number of fused-ring (bicyclic) bond motifs is 1. The molecule has 0 radical (unpaired) electrons. The molecule has 1 aromatic carbocycles. The molecule has 0 N–H and O–H groups in total. The highest BCUT2D eigenvalue weighted by Crippen LogP contribution is 2.34. The van der Waals surface area contributed by atoms with E-state index in [1.54, 1.807) is 23.1 Å². The molecule has 0 saturated carbocycles. The van der Waals surface area contributed by atoms with Gasteiger partial charge in [-0.25, -0.2) is 4.98 Å². The van der Waals surface area contributed by atoms with Crippen molar-refractivity contribution in [2.45, 2.75) is 43.0 Å². The van der Waals surface area contributed by atoms with Crippen molar-refractivity contribution in [2.75, 3.05) is 13.3 Å². The SMILES string of the molecule is CSc1nc(C)c(CC(=O)N(C)[C@@H]2CCCc3ccccc32)s1. The molecule has 0 aliphatic heterocycles. The van der Waals surface area contributed by atoms with Gasteiger partial charge in [-0.2, -0.15) is 0 Å². The van der Waals surface area contributed by atoms with Crippen molar-refractivity contribution >= 4 is 29.0 Å². The van der Waals surface area contributed by atoms with E-state index < -0.39 is 0 Å². The lowest BCUT2D eigenvalue weighted by atomic mass is 9.87. The maximum atomic E-state index is 12.8. The van der Waals surface area contributed by atoms with Crippen molar-refractivity contribution in [1.82, 2.24) is 9.88 Å². The molecule has 1 aromatic heterocycles.